The number of nitrogens with zero attached hydrogens (tertiary/aromatic N) is 1. The van der Waals surface area contributed by atoms with Crippen LogP contribution in [0.15, 0.2) is 35.5 Å². The van der Waals surface area contributed by atoms with Gasteiger partial charge < -0.3 is 19.8 Å². The van der Waals surface area contributed by atoms with Crippen LogP contribution in [0.25, 0.3) is 11.0 Å². The fourth-order valence-electron chi connectivity index (χ4n) is 3.41. The molecule has 2 N–H and O–H groups in total. The average molecular weight is 448 g/mol. The van der Waals surface area contributed by atoms with Crippen LogP contribution in [0, 0.1) is 17.6 Å². The first-order chi connectivity index (χ1) is 14.9. The summed E-state index contributed by atoms with van der Waals surface area (Å²) in [4.78, 5) is 19.7. The van der Waals surface area contributed by atoms with Crippen molar-refractivity contribution < 1.29 is 23.0 Å². The predicted molar refractivity (Wildman–Crippen MR) is 115 cm³/mol. The molecule has 31 heavy (non-hydrogen) atoms. The molecule has 1 atom stereocenters. The van der Waals surface area contributed by atoms with Gasteiger partial charge in [-0.1, -0.05) is 31.7 Å². The van der Waals surface area contributed by atoms with Gasteiger partial charge in [-0.25, -0.2) is 13.8 Å². The van der Waals surface area contributed by atoms with Gasteiger partial charge >= 0.3 is 0 Å². The number of rotatable bonds is 6. The van der Waals surface area contributed by atoms with Crippen LogP contribution in [0.5, 0.6) is 11.5 Å². The molecule has 1 aliphatic heterocycles. The smallest absolute Gasteiger partial charge is 0.230 e. The molecule has 0 radical (unpaired) electrons. The van der Waals surface area contributed by atoms with E-state index in [0.717, 1.165) is 24.1 Å². The van der Waals surface area contributed by atoms with Crippen molar-refractivity contribution in [3.8, 4) is 11.5 Å². The molecule has 2 heterocycles. The summed E-state index contributed by atoms with van der Waals surface area (Å²) < 4.78 is 38.2. The number of thioether (sulfide) groups is 1. The fraction of sp³-hybridized carbons (Fsp3) is 0.364. The van der Waals surface area contributed by atoms with E-state index in [0.29, 0.717) is 40.9 Å². The van der Waals surface area contributed by atoms with Gasteiger partial charge in [0.1, 0.15) is 0 Å². The van der Waals surface area contributed by atoms with E-state index in [1.165, 1.54) is 11.8 Å². The SMILES string of the molecule is CC(C)C(NC(=O)CSc1nc2cc(F)c(F)cc2[nH]1)c1ccc2c(c1)OCCCO2. The van der Waals surface area contributed by atoms with Gasteiger partial charge in [-0.2, -0.15) is 0 Å². The molecule has 3 aromatic rings. The maximum Gasteiger partial charge on any atom is 0.230 e. The van der Waals surface area contributed by atoms with Crippen molar-refractivity contribution in [2.45, 2.75) is 31.5 Å². The van der Waals surface area contributed by atoms with Crippen LogP contribution in [-0.2, 0) is 4.79 Å². The van der Waals surface area contributed by atoms with E-state index in [-0.39, 0.29) is 23.6 Å². The molecule has 1 aliphatic rings. The van der Waals surface area contributed by atoms with Gasteiger partial charge in [0.25, 0.3) is 0 Å². The number of carbonyl (C=O) groups is 1. The first-order valence-corrected chi connectivity index (χ1v) is 11.1. The number of amides is 1. The molecule has 1 unspecified atom stereocenters. The summed E-state index contributed by atoms with van der Waals surface area (Å²) in [6, 6.07) is 7.61. The predicted octanol–water partition coefficient (Wildman–Crippen LogP) is 4.61. The molecule has 1 amide bonds. The highest BCUT2D eigenvalue weighted by Gasteiger charge is 2.21. The van der Waals surface area contributed by atoms with Gasteiger partial charge in [-0.15, -0.1) is 0 Å². The highest BCUT2D eigenvalue weighted by molar-refractivity contribution is 7.99. The number of carbonyl (C=O) groups excluding carboxylic acids is 1. The second-order valence-corrected chi connectivity index (χ2v) is 8.62. The summed E-state index contributed by atoms with van der Waals surface area (Å²) in [6.45, 7) is 5.28. The summed E-state index contributed by atoms with van der Waals surface area (Å²) in [5, 5.41) is 3.48. The number of aromatic nitrogens is 2. The number of fused-ring (bicyclic) bond motifs is 2. The summed E-state index contributed by atoms with van der Waals surface area (Å²) in [7, 11) is 0. The largest absolute Gasteiger partial charge is 0.490 e. The van der Waals surface area contributed by atoms with Gasteiger partial charge in [-0.3, -0.25) is 4.79 Å². The maximum absolute atomic E-state index is 13.4. The van der Waals surface area contributed by atoms with Gasteiger partial charge in [0.2, 0.25) is 5.91 Å². The van der Waals surface area contributed by atoms with Gasteiger partial charge in [-0.05, 0) is 23.6 Å². The number of benzene rings is 2. The van der Waals surface area contributed by atoms with Gasteiger partial charge in [0.15, 0.2) is 28.3 Å². The van der Waals surface area contributed by atoms with E-state index in [9.17, 15) is 13.6 Å². The van der Waals surface area contributed by atoms with E-state index in [2.05, 4.69) is 15.3 Å². The van der Waals surface area contributed by atoms with Gasteiger partial charge in [0, 0.05) is 18.6 Å². The lowest BCUT2D eigenvalue weighted by Gasteiger charge is -2.23. The molecule has 1 aromatic heterocycles. The number of H-pyrrole nitrogens is 1. The van der Waals surface area contributed by atoms with Gasteiger partial charge in [0.05, 0.1) is 36.0 Å². The van der Waals surface area contributed by atoms with Crippen LogP contribution >= 0.6 is 11.8 Å². The quantitative estimate of drug-likeness (QED) is 0.540. The lowest BCUT2D eigenvalue weighted by Crippen LogP contribution is -2.33. The Morgan fingerprint density at radius 3 is 2.68 bits per heavy atom. The number of aromatic amines is 1. The first-order valence-electron chi connectivity index (χ1n) is 10.1. The highest BCUT2D eigenvalue weighted by Crippen LogP contribution is 2.34. The fourth-order valence-corrected chi connectivity index (χ4v) is 4.10. The lowest BCUT2D eigenvalue weighted by molar-refractivity contribution is -0.119. The minimum atomic E-state index is -0.955. The van der Waals surface area contributed by atoms with Crippen LogP contribution in [0.3, 0.4) is 0 Å². The van der Waals surface area contributed by atoms with Crippen molar-refractivity contribution in [2.75, 3.05) is 19.0 Å². The molecule has 0 fully saturated rings. The second kappa shape index (κ2) is 9.13. The first kappa shape index (κ1) is 21.4. The van der Waals surface area contributed by atoms with Crippen LogP contribution in [0.1, 0.15) is 31.9 Å². The molecule has 9 heteroatoms. The van der Waals surface area contributed by atoms with Crippen LogP contribution in [0.4, 0.5) is 8.78 Å². The summed E-state index contributed by atoms with van der Waals surface area (Å²) in [5.74, 6) is -0.416. The van der Waals surface area contributed by atoms with Crippen molar-refractivity contribution >= 4 is 28.7 Å². The number of ether oxygens (including phenoxy) is 2. The molecule has 4 rings (SSSR count). The van der Waals surface area contributed by atoms with Crippen LogP contribution in [0.2, 0.25) is 0 Å². The van der Waals surface area contributed by atoms with Crippen LogP contribution in [-0.4, -0.2) is 34.8 Å². The molecule has 2 aromatic carbocycles. The van der Waals surface area contributed by atoms with E-state index in [4.69, 9.17) is 9.47 Å². The highest BCUT2D eigenvalue weighted by atomic mass is 32.2. The number of nitrogens with one attached hydrogen (secondary N) is 2. The van der Waals surface area contributed by atoms with E-state index >= 15 is 0 Å². The van der Waals surface area contributed by atoms with E-state index < -0.39 is 11.6 Å². The van der Waals surface area contributed by atoms with Crippen molar-refractivity contribution in [1.82, 2.24) is 15.3 Å². The molecule has 0 aliphatic carbocycles. The second-order valence-electron chi connectivity index (χ2n) is 7.66. The lowest BCUT2D eigenvalue weighted by atomic mass is 9.95. The molecule has 0 bridgehead atoms. The molecule has 6 nitrogen and oxygen atoms in total. The monoisotopic (exact) mass is 447 g/mol. The molecule has 0 saturated heterocycles. The third-order valence-electron chi connectivity index (χ3n) is 4.96. The number of hydrogen-bond acceptors (Lipinski definition) is 5. The zero-order valence-corrected chi connectivity index (χ0v) is 18.0. The third-order valence-corrected chi connectivity index (χ3v) is 5.83. The molecule has 0 spiro atoms. The summed E-state index contributed by atoms with van der Waals surface area (Å²) in [6.07, 6.45) is 0.826. The Balaban J connectivity index is 1.43. The minimum Gasteiger partial charge on any atom is -0.490 e. The maximum atomic E-state index is 13.4. The Bertz CT molecular complexity index is 1060. The van der Waals surface area contributed by atoms with Crippen LogP contribution < -0.4 is 14.8 Å². The number of hydrogen-bond donors (Lipinski definition) is 2. The zero-order chi connectivity index (χ0) is 22.0. The Hall–Kier alpha value is -2.81. The van der Waals surface area contributed by atoms with Crippen molar-refractivity contribution in [3.05, 3.63) is 47.5 Å². The Morgan fingerprint density at radius 1 is 1.16 bits per heavy atom. The van der Waals surface area contributed by atoms with Crippen molar-refractivity contribution in [1.29, 1.82) is 0 Å². The zero-order valence-electron chi connectivity index (χ0n) is 17.2. The Labute approximate surface area is 182 Å². The van der Waals surface area contributed by atoms with Crippen molar-refractivity contribution in [2.24, 2.45) is 5.92 Å². The molecular weight excluding hydrogens is 424 g/mol. The number of halogens is 2. The van der Waals surface area contributed by atoms with E-state index in [1.54, 1.807) is 0 Å². The summed E-state index contributed by atoms with van der Waals surface area (Å²) >= 11 is 1.17. The average Bonchev–Trinajstić information content (AvgIpc) is 2.97. The number of imidazole rings is 1. The van der Waals surface area contributed by atoms with Crippen molar-refractivity contribution in [3.63, 3.8) is 0 Å². The molecule has 0 saturated carbocycles. The minimum absolute atomic E-state index is 0.110. The standard InChI is InChI=1S/C22H23F2N3O3S/c1-12(2)21(13-4-5-18-19(8-13)30-7-3-6-29-18)27-20(28)11-31-22-25-16-9-14(23)15(24)10-17(16)26-22/h4-5,8-10,12,21H,3,6-7,11H2,1-2H3,(H,25,26)(H,27,28). The molecule has 164 valence electrons. The topological polar surface area (TPSA) is 76.2 Å². The Morgan fingerprint density at radius 2 is 1.90 bits per heavy atom. The molecular formula is C22H23F2N3O3S. The Kier molecular flexibility index (Phi) is 6.31. The third kappa shape index (κ3) is 4.92. The normalized spacial score (nSPS) is 14.5. The van der Waals surface area contributed by atoms with E-state index in [1.807, 2.05) is 32.0 Å². The summed E-state index contributed by atoms with van der Waals surface area (Å²) in [5.41, 5.74) is 1.63.